The lowest BCUT2D eigenvalue weighted by Crippen LogP contribution is -2.29. The van der Waals surface area contributed by atoms with Crippen LogP contribution in [0.2, 0.25) is 0 Å². The number of ether oxygens (including phenoxy) is 2. The number of carbonyl (C=O) groups is 1. The molecule has 0 unspecified atom stereocenters. The molecule has 0 bridgehead atoms. The van der Waals surface area contributed by atoms with Crippen LogP contribution in [-0.2, 0) is 4.79 Å². The minimum atomic E-state index is -0.227. The van der Waals surface area contributed by atoms with E-state index in [2.05, 4.69) is 17.2 Å². The summed E-state index contributed by atoms with van der Waals surface area (Å²) < 4.78 is 10.7. The summed E-state index contributed by atoms with van der Waals surface area (Å²) in [5.74, 6) is 6.80. The van der Waals surface area contributed by atoms with Gasteiger partial charge in [0.2, 0.25) is 0 Å². The minimum absolute atomic E-state index is 0.0769. The minimum Gasteiger partial charge on any atom is -0.493 e. The standard InChI is InChI=1S/C19H19NO3/c1-15-10-11-17(18(13-15)22-2)23-14-19(21)20-12-6-9-16-7-4-3-5-8-16/h3-5,7-8,10-11,13H,12,14H2,1-2H3,(H,20,21). The van der Waals surface area contributed by atoms with Gasteiger partial charge >= 0.3 is 0 Å². The van der Waals surface area contributed by atoms with Gasteiger partial charge in [0.1, 0.15) is 0 Å². The second-order valence-electron chi connectivity index (χ2n) is 4.89. The van der Waals surface area contributed by atoms with Crippen molar-refractivity contribution in [3.63, 3.8) is 0 Å². The van der Waals surface area contributed by atoms with E-state index in [0.29, 0.717) is 11.5 Å². The highest BCUT2D eigenvalue weighted by Gasteiger charge is 2.07. The number of aryl methyl sites for hydroxylation is 1. The van der Waals surface area contributed by atoms with Gasteiger partial charge in [-0.1, -0.05) is 36.1 Å². The Balaban J connectivity index is 1.79. The summed E-state index contributed by atoms with van der Waals surface area (Å²) in [7, 11) is 1.57. The fourth-order valence-corrected chi connectivity index (χ4v) is 1.90. The van der Waals surface area contributed by atoms with Gasteiger partial charge in [-0.05, 0) is 36.8 Å². The highest BCUT2D eigenvalue weighted by atomic mass is 16.5. The second kappa shape index (κ2) is 8.50. The van der Waals surface area contributed by atoms with Crippen molar-refractivity contribution in [2.24, 2.45) is 0 Å². The summed E-state index contributed by atoms with van der Waals surface area (Å²) in [6.07, 6.45) is 0. The molecule has 2 aromatic rings. The van der Waals surface area contributed by atoms with Crippen LogP contribution in [0.4, 0.5) is 0 Å². The van der Waals surface area contributed by atoms with Crippen LogP contribution in [-0.4, -0.2) is 26.2 Å². The van der Waals surface area contributed by atoms with Gasteiger partial charge in [0, 0.05) is 5.56 Å². The third kappa shape index (κ3) is 5.40. The Morgan fingerprint density at radius 1 is 1.13 bits per heavy atom. The predicted octanol–water partition coefficient (Wildman–Crippen LogP) is 2.55. The van der Waals surface area contributed by atoms with Crippen molar-refractivity contribution in [2.75, 3.05) is 20.3 Å². The lowest BCUT2D eigenvalue weighted by molar-refractivity contribution is -0.122. The monoisotopic (exact) mass is 309 g/mol. The van der Waals surface area contributed by atoms with Crippen molar-refractivity contribution in [1.82, 2.24) is 5.32 Å². The van der Waals surface area contributed by atoms with Crippen LogP contribution >= 0.6 is 0 Å². The molecule has 0 aliphatic rings. The van der Waals surface area contributed by atoms with E-state index in [-0.39, 0.29) is 19.1 Å². The normalized spacial score (nSPS) is 9.48. The molecule has 0 fully saturated rings. The molecule has 4 nitrogen and oxygen atoms in total. The van der Waals surface area contributed by atoms with Crippen molar-refractivity contribution >= 4 is 5.91 Å². The zero-order chi connectivity index (χ0) is 16.5. The smallest absolute Gasteiger partial charge is 0.258 e. The Morgan fingerprint density at radius 2 is 1.91 bits per heavy atom. The van der Waals surface area contributed by atoms with E-state index in [1.165, 1.54) is 0 Å². The van der Waals surface area contributed by atoms with Crippen LogP contribution in [0.5, 0.6) is 11.5 Å². The maximum absolute atomic E-state index is 11.7. The molecule has 0 radical (unpaired) electrons. The van der Waals surface area contributed by atoms with Crippen LogP contribution in [0, 0.1) is 18.8 Å². The first-order valence-corrected chi connectivity index (χ1v) is 7.27. The largest absolute Gasteiger partial charge is 0.493 e. The van der Waals surface area contributed by atoms with E-state index < -0.39 is 0 Å². The summed E-state index contributed by atoms with van der Waals surface area (Å²) >= 11 is 0. The molecular formula is C19H19NO3. The third-order valence-electron chi connectivity index (χ3n) is 3.06. The highest BCUT2D eigenvalue weighted by Crippen LogP contribution is 2.27. The number of benzene rings is 2. The van der Waals surface area contributed by atoms with Gasteiger partial charge in [-0.25, -0.2) is 0 Å². The topological polar surface area (TPSA) is 47.6 Å². The Labute approximate surface area is 136 Å². The second-order valence-corrected chi connectivity index (χ2v) is 4.89. The first kappa shape index (κ1) is 16.4. The van der Waals surface area contributed by atoms with Gasteiger partial charge in [0.25, 0.3) is 5.91 Å². The van der Waals surface area contributed by atoms with E-state index in [9.17, 15) is 4.79 Å². The van der Waals surface area contributed by atoms with Crippen molar-refractivity contribution in [1.29, 1.82) is 0 Å². The lowest BCUT2D eigenvalue weighted by Gasteiger charge is -2.10. The van der Waals surface area contributed by atoms with Crippen molar-refractivity contribution in [2.45, 2.75) is 6.92 Å². The molecule has 2 aromatic carbocycles. The fourth-order valence-electron chi connectivity index (χ4n) is 1.90. The van der Waals surface area contributed by atoms with E-state index in [1.807, 2.05) is 49.4 Å². The predicted molar refractivity (Wildman–Crippen MR) is 89.6 cm³/mol. The molecule has 4 heteroatoms. The molecule has 2 rings (SSSR count). The summed E-state index contributed by atoms with van der Waals surface area (Å²) in [6, 6.07) is 15.2. The first-order valence-electron chi connectivity index (χ1n) is 7.27. The van der Waals surface area contributed by atoms with E-state index in [4.69, 9.17) is 9.47 Å². The summed E-state index contributed by atoms with van der Waals surface area (Å²) in [6.45, 7) is 2.17. The van der Waals surface area contributed by atoms with Crippen molar-refractivity contribution in [3.8, 4) is 23.3 Å². The molecular weight excluding hydrogens is 290 g/mol. The fraction of sp³-hybridized carbons (Fsp3) is 0.211. The molecule has 23 heavy (non-hydrogen) atoms. The number of rotatable bonds is 5. The number of nitrogens with one attached hydrogen (secondary N) is 1. The number of hydrogen-bond donors (Lipinski definition) is 1. The molecule has 0 saturated carbocycles. The zero-order valence-corrected chi connectivity index (χ0v) is 13.3. The molecule has 0 aromatic heterocycles. The Hall–Kier alpha value is -2.93. The number of methoxy groups -OCH3 is 1. The zero-order valence-electron chi connectivity index (χ0n) is 13.3. The maximum Gasteiger partial charge on any atom is 0.258 e. The summed E-state index contributed by atoms with van der Waals surface area (Å²) in [4.78, 5) is 11.7. The van der Waals surface area contributed by atoms with Gasteiger partial charge in [-0.2, -0.15) is 0 Å². The van der Waals surface area contributed by atoms with Crippen LogP contribution < -0.4 is 14.8 Å². The number of amides is 1. The molecule has 118 valence electrons. The number of hydrogen-bond acceptors (Lipinski definition) is 3. The third-order valence-corrected chi connectivity index (χ3v) is 3.06. The Kier molecular flexibility index (Phi) is 6.07. The molecule has 0 aliphatic heterocycles. The molecule has 0 aliphatic carbocycles. The molecule has 0 heterocycles. The summed E-state index contributed by atoms with van der Waals surface area (Å²) in [5, 5.41) is 2.69. The quantitative estimate of drug-likeness (QED) is 0.864. The van der Waals surface area contributed by atoms with Gasteiger partial charge in [-0.3, -0.25) is 4.79 Å². The molecule has 1 amide bonds. The van der Waals surface area contributed by atoms with Gasteiger partial charge < -0.3 is 14.8 Å². The van der Waals surface area contributed by atoms with Crippen LogP contribution in [0.3, 0.4) is 0 Å². The van der Waals surface area contributed by atoms with E-state index >= 15 is 0 Å². The Bertz CT molecular complexity index is 714. The maximum atomic E-state index is 11.7. The Morgan fingerprint density at radius 3 is 2.65 bits per heavy atom. The van der Waals surface area contributed by atoms with E-state index in [1.54, 1.807) is 13.2 Å². The molecule has 0 atom stereocenters. The van der Waals surface area contributed by atoms with Crippen molar-refractivity contribution < 1.29 is 14.3 Å². The SMILES string of the molecule is COc1cc(C)ccc1OCC(=O)NCC#Cc1ccccc1. The van der Waals surface area contributed by atoms with Crippen LogP contribution in [0.1, 0.15) is 11.1 Å². The van der Waals surface area contributed by atoms with Crippen LogP contribution in [0.15, 0.2) is 48.5 Å². The first-order chi connectivity index (χ1) is 11.2. The van der Waals surface area contributed by atoms with Crippen molar-refractivity contribution in [3.05, 3.63) is 59.7 Å². The molecule has 0 saturated heterocycles. The van der Waals surface area contributed by atoms with Gasteiger partial charge in [0.05, 0.1) is 13.7 Å². The average Bonchev–Trinajstić information content (AvgIpc) is 2.58. The van der Waals surface area contributed by atoms with Gasteiger partial charge in [-0.15, -0.1) is 0 Å². The average molecular weight is 309 g/mol. The lowest BCUT2D eigenvalue weighted by atomic mass is 10.2. The van der Waals surface area contributed by atoms with Gasteiger partial charge in [0.15, 0.2) is 18.1 Å². The summed E-state index contributed by atoms with van der Waals surface area (Å²) in [5.41, 5.74) is 1.98. The molecule has 1 N–H and O–H groups in total. The number of carbonyl (C=O) groups excluding carboxylic acids is 1. The highest BCUT2D eigenvalue weighted by molar-refractivity contribution is 5.77. The van der Waals surface area contributed by atoms with Crippen LogP contribution in [0.25, 0.3) is 0 Å². The molecule has 0 spiro atoms. The van der Waals surface area contributed by atoms with E-state index in [0.717, 1.165) is 11.1 Å².